The average Bonchev–Trinajstić information content (AvgIpc) is 2.51. The van der Waals surface area contributed by atoms with Crippen LogP contribution in [-0.2, 0) is 4.79 Å². The fourth-order valence-electron chi connectivity index (χ4n) is 2.64. The molecule has 0 spiro atoms. The number of hydrogen-bond acceptors (Lipinski definition) is 3. The SMILES string of the molecule is COc1cc(Cl)c(C)cc1Nc1ccc(NC(=O)C2CCC2)cc1. The maximum absolute atomic E-state index is 12.0. The van der Waals surface area contributed by atoms with E-state index in [1.165, 1.54) is 0 Å². The van der Waals surface area contributed by atoms with E-state index in [4.69, 9.17) is 16.3 Å². The van der Waals surface area contributed by atoms with Crippen LogP contribution in [-0.4, -0.2) is 13.0 Å². The lowest BCUT2D eigenvalue weighted by Gasteiger charge is -2.24. The van der Waals surface area contributed by atoms with Crippen molar-refractivity contribution in [2.45, 2.75) is 26.2 Å². The van der Waals surface area contributed by atoms with Crippen LogP contribution in [0.25, 0.3) is 0 Å². The number of methoxy groups -OCH3 is 1. The van der Waals surface area contributed by atoms with Gasteiger partial charge in [-0.1, -0.05) is 18.0 Å². The largest absolute Gasteiger partial charge is 0.495 e. The number of hydrogen-bond donors (Lipinski definition) is 2. The second-order valence-electron chi connectivity index (χ2n) is 6.12. The van der Waals surface area contributed by atoms with Gasteiger partial charge in [0.05, 0.1) is 12.8 Å². The van der Waals surface area contributed by atoms with Gasteiger partial charge in [0, 0.05) is 28.4 Å². The third kappa shape index (κ3) is 3.65. The van der Waals surface area contributed by atoms with Crippen LogP contribution in [0.3, 0.4) is 0 Å². The molecule has 1 amide bonds. The predicted molar refractivity (Wildman–Crippen MR) is 98.4 cm³/mol. The van der Waals surface area contributed by atoms with Crippen LogP contribution in [0.5, 0.6) is 5.75 Å². The highest BCUT2D eigenvalue weighted by molar-refractivity contribution is 6.31. The number of benzene rings is 2. The Hall–Kier alpha value is -2.20. The summed E-state index contributed by atoms with van der Waals surface area (Å²) >= 11 is 6.13. The fourth-order valence-corrected chi connectivity index (χ4v) is 2.79. The Morgan fingerprint density at radius 2 is 1.83 bits per heavy atom. The molecule has 0 saturated heterocycles. The molecule has 0 radical (unpaired) electrons. The van der Waals surface area contributed by atoms with E-state index in [1.807, 2.05) is 37.3 Å². The van der Waals surface area contributed by atoms with Crippen LogP contribution in [0.2, 0.25) is 5.02 Å². The third-order valence-corrected chi connectivity index (χ3v) is 4.80. The molecule has 3 rings (SSSR count). The van der Waals surface area contributed by atoms with Gasteiger partial charge in [-0.3, -0.25) is 4.79 Å². The molecule has 4 nitrogen and oxygen atoms in total. The van der Waals surface area contributed by atoms with Crippen LogP contribution in [0, 0.1) is 12.8 Å². The summed E-state index contributed by atoms with van der Waals surface area (Å²) in [6.45, 7) is 1.95. The van der Waals surface area contributed by atoms with Gasteiger partial charge >= 0.3 is 0 Å². The first-order valence-electron chi connectivity index (χ1n) is 8.09. The van der Waals surface area contributed by atoms with Crippen molar-refractivity contribution in [2.75, 3.05) is 17.7 Å². The van der Waals surface area contributed by atoms with Gasteiger partial charge in [-0.25, -0.2) is 0 Å². The van der Waals surface area contributed by atoms with E-state index < -0.39 is 0 Å². The number of amides is 1. The summed E-state index contributed by atoms with van der Waals surface area (Å²) < 4.78 is 5.37. The molecular weight excluding hydrogens is 324 g/mol. The molecule has 2 aromatic rings. The van der Waals surface area contributed by atoms with Gasteiger partial charge in [0.2, 0.25) is 5.91 Å². The first-order valence-corrected chi connectivity index (χ1v) is 8.46. The summed E-state index contributed by atoms with van der Waals surface area (Å²) in [5.74, 6) is 0.994. The lowest BCUT2D eigenvalue weighted by atomic mass is 9.85. The van der Waals surface area contributed by atoms with Crippen LogP contribution in [0.15, 0.2) is 36.4 Å². The standard InChI is InChI=1S/C19H21ClN2O2/c1-12-10-17(18(24-2)11-16(12)20)21-14-6-8-15(9-7-14)22-19(23)13-4-3-5-13/h6-11,13,21H,3-5H2,1-2H3,(H,22,23). The number of ether oxygens (including phenoxy) is 1. The van der Waals surface area contributed by atoms with E-state index in [2.05, 4.69) is 10.6 Å². The van der Waals surface area contributed by atoms with Crippen molar-refractivity contribution in [2.24, 2.45) is 5.92 Å². The molecule has 0 heterocycles. The van der Waals surface area contributed by atoms with Crippen LogP contribution in [0.4, 0.5) is 17.1 Å². The zero-order chi connectivity index (χ0) is 17.1. The van der Waals surface area contributed by atoms with Crippen molar-refractivity contribution >= 4 is 34.6 Å². The lowest BCUT2D eigenvalue weighted by Crippen LogP contribution is -2.27. The Morgan fingerprint density at radius 3 is 2.42 bits per heavy atom. The highest BCUT2D eigenvalue weighted by atomic mass is 35.5. The maximum Gasteiger partial charge on any atom is 0.227 e. The molecular formula is C19H21ClN2O2. The first-order chi connectivity index (χ1) is 11.6. The smallest absolute Gasteiger partial charge is 0.227 e. The molecule has 2 aromatic carbocycles. The van der Waals surface area contributed by atoms with Gasteiger partial charge in [0.25, 0.3) is 0 Å². The Morgan fingerprint density at radius 1 is 1.17 bits per heavy atom. The summed E-state index contributed by atoms with van der Waals surface area (Å²) in [6, 6.07) is 11.4. The highest BCUT2D eigenvalue weighted by Gasteiger charge is 2.25. The third-order valence-electron chi connectivity index (χ3n) is 4.39. The van der Waals surface area contributed by atoms with Crippen molar-refractivity contribution in [1.82, 2.24) is 0 Å². The van der Waals surface area contributed by atoms with Gasteiger partial charge in [0.15, 0.2) is 0 Å². The van der Waals surface area contributed by atoms with Gasteiger partial charge < -0.3 is 15.4 Å². The van der Waals surface area contributed by atoms with Crippen molar-refractivity contribution in [3.63, 3.8) is 0 Å². The van der Waals surface area contributed by atoms with E-state index >= 15 is 0 Å². The van der Waals surface area contributed by atoms with Gasteiger partial charge in [0.1, 0.15) is 5.75 Å². The van der Waals surface area contributed by atoms with Gasteiger partial charge in [-0.15, -0.1) is 0 Å². The zero-order valence-corrected chi connectivity index (χ0v) is 14.6. The first kappa shape index (κ1) is 16.7. The molecule has 0 atom stereocenters. The van der Waals surface area contributed by atoms with Crippen molar-refractivity contribution in [1.29, 1.82) is 0 Å². The van der Waals surface area contributed by atoms with E-state index in [0.717, 1.165) is 41.9 Å². The summed E-state index contributed by atoms with van der Waals surface area (Å²) in [4.78, 5) is 12.0. The van der Waals surface area contributed by atoms with Crippen molar-refractivity contribution in [3.8, 4) is 5.75 Å². The highest BCUT2D eigenvalue weighted by Crippen LogP contribution is 2.33. The molecule has 0 unspecified atom stereocenters. The molecule has 0 bridgehead atoms. The second-order valence-corrected chi connectivity index (χ2v) is 6.53. The van der Waals surface area contributed by atoms with E-state index in [1.54, 1.807) is 13.2 Å². The predicted octanol–water partition coefficient (Wildman–Crippen LogP) is 5.14. The molecule has 5 heteroatoms. The summed E-state index contributed by atoms with van der Waals surface area (Å²) in [5, 5.41) is 6.96. The summed E-state index contributed by atoms with van der Waals surface area (Å²) in [5.41, 5.74) is 3.56. The van der Waals surface area contributed by atoms with Gasteiger partial charge in [-0.2, -0.15) is 0 Å². The van der Waals surface area contributed by atoms with E-state index in [-0.39, 0.29) is 11.8 Å². The van der Waals surface area contributed by atoms with Crippen molar-refractivity contribution in [3.05, 3.63) is 47.0 Å². The summed E-state index contributed by atoms with van der Waals surface area (Å²) in [7, 11) is 1.62. The maximum atomic E-state index is 12.0. The topological polar surface area (TPSA) is 50.4 Å². The molecule has 1 aliphatic rings. The minimum absolute atomic E-state index is 0.122. The normalized spacial score (nSPS) is 14.0. The monoisotopic (exact) mass is 344 g/mol. The molecule has 1 aliphatic carbocycles. The number of anilines is 3. The Bertz CT molecular complexity index is 740. The Balaban J connectivity index is 1.70. The second kappa shape index (κ2) is 7.14. The van der Waals surface area contributed by atoms with E-state index in [0.29, 0.717) is 10.8 Å². The van der Waals surface area contributed by atoms with Crippen LogP contribution in [0.1, 0.15) is 24.8 Å². The Labute approximate surface area is 147 Å². The fraction of sp³-hybridized carbons (Fsp3) is 0.316. The lowest BCUT2D eigenvalue weighted by molar-refractivity contribution is -0.122. The molecule has 1 fully saturated rings. The quantitative estimate of drug-likeness (QED) is 0.789. The van der Waals surface area contributed by atoms with Gasteiger partial charge in [-0.05, 0) is 55.7 Å². The number of nitrogens with one attached hydrogen (secondary N) is 2. The van der Waals surface area contributed by atoms with Crippen molar-refractivity contribution < 1.29 is 9.53 Å². The van der Waals surface area contributed by atoms with E-state index in [9.17, 15) is 4.79 Å². The number of aryl methyl sites for hydroxylation is 1. The molecule has 0 aromatic heterocycles. The van der Waals surface area contributed by atoms with Crippen LogP contribution >= 0.6 is 11.6 Å². The minimum Gasteiger partial charge on any atom is -0.495 e. The van der Waals surface area contributed by atoms with Crippen LogP contribution < -0.4 is 15.4 Å². The Kier molecular flexibility index (Phi) is 4.95. The molecule has 24 heavy (non-hydrogen) atoms. The molecule has 1 saturated carbocycles. The summed E-state index contributed by atoms with van der Waals surface area (Å²) in [6.07, 6.45) is 3.16. The minimum atomic E-state index is 0.122. The average molecular weight is 345 g/mol. The number of carbonyl (C=O) groups is 1. The zero-order valence-electron chi connectivity index (χ0n) is 13.9. The number of rotatable bonds is 5. The number of halogens is 1. The molecule has 126 valence electrons. The molecule has 2 N–H and O–H groups in total. The molecule has 0 aliphatic heterocycles. The number of carbonyl (C=O) groups excluding carboxylic acids is 1.